The highest BCUT2D eigenvalue weighted by Gasteiger charge is 2.29. The normalized spacial score (nSPS) is 16.8. The van der Waals surface area contributed by atoms with E-state index in [2.05, 4.69) is 6.92 Å². The fourth-order valence-corrected chi connectivity index (χ4v) is 3.28. The van der Waals surface area contributed by atoms with Crippen molar-refractivity contribution < 1.29 is 18.0 Å². The van der Waals surface area contributed by atoms with E-state index < -0.39 is 11.7 Å². The van der Waals surface area contributed by atoms with E-state index in [9.17, 15) is 18.0 Å². The third kappa shape index (κ3) is 4.93. The molecule has 0 unspecified atom stereocenters. The number of hydrogen-bond donors (Lipinski definition) is 0. The molecule has 2 rings (SSSR count). The first-order valence-corrected chi connectivity index (χ1v) is 8.53. The number of likely N-dealkylation sites (tertiary alicyclic amines) is 1. The van der Waals surface area contributed by atoms with Gasteiger partial charge in [0.15, 0.2) is 0 Å². The molecule has 0 radical (unpaired) electrons. The molecule has 1 aliphatic heterocycles. The van der Waals surface area contributed by atoms with Crippen LogP contribution in [0.25, 0.3) is 0 Å². The maximum Gasteiger partial charge on any atom is 0.416 e. The van der Waals surface area contributed by atoms with Gasteiger partial charge in [-0.1, -0.05) is 19.1 Å². The molecule has 1 amide bonds. The van der Waals surface area contributed by atoms with E-state index in [1.807, 2.05) is 4.90 Å². The summed E-state index contributed by atoms with van der Waals surface area (Å²) in [5.41, 5.74) is 0.165. The highest BCUT2D eigenvalue weighted by molar-refractivity contribution is 7.99. The number of amides is 1. The molecule has 0 spiro atoms. The number of thioether (sulfide) groups is 1. The number of rotatable bonds is 4. The van der Waals surface area contributed by atoms with Crippen LogP contribution in [0.4, 0.5) is 13.2 Å². The largest absolute Gasteiger partial charge is 0.416 e. The second-order valence-electron chi connectivity index (χ2n) is 5.75. The second-order valence-corrected chi connectivity index (χ2v) is 6.74. The molecule has 1 aliphatic rings. The van der Waals surface area contributed by atoms with Gasteiger partial charge >= 0.3 is 6.18 Å². The Morgan fingerprint density at radius 3 is 2.36 bits per heavy atom. The van der Waals surface area contributed by atoms with Crippen molar-refractivity contribution in [2.75, 3.05) is 18.8 Å². The number of piperidine rings is 1. The van der Waals surface area contributed by atoms with Gasteiger partial charge < -0.3 is 4.90 Å². The van der Waals surface area contributed by atoms with Crippen LogP contribution in [0.1, 0.15) is 30.9 Å². The van der Waals surface area contributed by atoms with Crippen molar-refractivity contribution >= 4 is 17.7 Å². The third-order valence-electron chi connectivity index (χ3n) is 3.91. The molecule has 0 N–H and O–H groups in total. The SMILES string of the molecule is CC1CCN(C(=O)CSCc2ccc(C(F)(F)F)cc2)CC1. The van der Waals surface area contributed by atoms with Crippen LogP contribution in [-0.4, -0.2) is 29.6 Å². The van der Waals surface area contributed by atoms with Crippen LogP contribution in [0, 0.1) is 5.92 Å². The average molecular weight is 331 g/mol. The molecule has 0 saturated carbocycles. The number of carbonyl (C=O) groups excluding carboxylic acids is 1. The van der Waals surface area contributed by atoms with Crippen molar-refractivity contribution in [2.24, 2.45) is 5.92 Å². The van der Waals surface area contributed by atoms with Gasteiger partial charge in [-0.05, 0) is 36.5 Å². The Morgan fingerprint density at radius 2 is 1.82 bits per heavy atom. The van der Waals surface area contributed by atoms with E-state index in [0.717, 1.165) is 43.6 Å². The molecule has 0 atom stereocenters. The van der Waals surface area contributed by atoms with Crippen molar-refractivity contribution in [1.29, 1.82) is 0 Å². The molecular formula is C16H20F3NOS. The quantitative estimate of drug-likeness (QED) is 0.824. The lowest BCUT2D eigenvalue weighted by molar-refractivity contribution is -0.137. The summed E-state index contributed by atoms with van der Waals surface area (Å²) in [5.74, 6) is 1.75. The maximum absolute atomic E-state index is 12.5. The molecule has 0 aromatic heterocycles. The molecule has 122 valence electrons. The number of benzene rings is 1. The molecule has 0 bridgehead atoms. The van der Waals surface area contributed by atoms with Gasteiger partial charge in [0.1, 0.15) is 0 Å². The Bertz CT molecular complexity index is 493. The smallest absolute Gasteiger partial charge is 0.342 e. The first kappa shape index (κ1) is 17.2. The first-order valence-electron chi connectivity index (χ1n) is 7.38. The molecule has 1 saturated heterocycles. The summed E-state index contributed by atoms with van der Waals surface area (Å²) in [4.78, 5) is 13.9. The van der Waals surface area contributed by atoms with Crippen LogP contribution in [0.3, 0.4) is 0 Å². The highest BCUT2D eigenvalue weighted by Crippen LogP contribution is 2.29. The van der Waals surface area contributed by atoms with E-state index >= 15 is 0 Å². The third-order valence-corrected chi connectivity index (χ3v) is 4.90. The summed E-state index contributed by atoms with van der Waals surface area (Å²) in [7, 11) is 0. The Kier molecular flexibility index (Phi) is 5.78. The van der Waals surface area contributed by atoms with E-state index in [-0.39, 0.29) is 5.91 Å². The van der Waals surface area contributed by atoms with Gasteiger partial charge in [-0.25, -0.2) is 0 Å². The summed E-state index contributed by atoms with van der Waals surface area (Å²) in [6.07, 6.45) is -2.20. The lowest BCUT2D eigenvalue weighted by Gasteiger charge is -2.30. The van der Waals surface area contributed by atoms with Gasteiger partial charge in [0.05, 0.1) is 11.3 Å². The van der Waals surface area contributed by atoms with Gasteiger partial charge in [-0.3, -0.25) is 4.79 Å². The van der Waals surface area contributed by atoms with Crippen LogP contribution >= 0.6 is 11.8 Å². The molecule has 1 aromatic rings. The van der Waals surface area contributed by atoms with Gasteiger partial charge in [0.25, 0.3) is 0 Å². The monoisotopic (exact) mass is 331 g/mol. The van der Waals surface area contributed by atoms with Gasteiger partial charge in [0, 0.05) is 18.8 Å². The summed E-state index contributed by atoms with van der Waals surface area (Å²) >= 11 is 1.45. The fraction of sp³-hybridized carbons (Fsp3) is 0.562. The Balaban J connectivity index is 1.75. The van der Waals surface area contributed by atoms with Crippen LogP contribution in [0.5, 0.6) is 0 Å². The summed E-state index contributed by atoms with van der Waals surface area (Å²) in [6.45, 7) is 3.84. The van der Waals surface area contributed by atoms with Crippen molar-refractivity contribution in [2.45, 2.75) is 31.7 Å². The standard InChI is InChI=1S/C16H20F3NOS/c1-12-6-8-20(9-7-12)15(21)11-22-10-13-2-4-14(5-3-13)16(17,18)19/h2-5,12H,6-11H2,1H3. The Labute approximate surface area is 133 Å². The van der Waals surface area contributed by atoms with Crippen LogP contribution in [0.15, 0.2) is 24.3 Å². The van der Waals surface area contributed by atoms with Gasteiger partial charge in [-0.2, -0.15) is 13.2 Å². The number of halogens is 3. The first-order chi connectivity index (χ1) is 10.4. The topological polar surface area (TPSA) is 20.3 Å². The molecule has 6 heteroatoms. The lowest BCUT2D eigenvalue weighted by Crippen LogP contribution is -2.38. The minimum atomic E-state index is -4.30. The zero-order chi connectivity index (χ0) is 16.2. The number of carbonyl (C=O) groups is 1. The van der Waals surface area contributed by atoms with E-state index in [1.54, 1.807) is 0 Å². The summed E-state index contributed by atoms with van der Waals surface area (Å²) in [6, 6.07) is 5.12. The molecule has 22 heavy (non-hydrogen) atoms. The minimum absolute atomic E-state index is 0.129. The predicted octanol–water partition coefficient (Wildman–Crippen LogP) is 4.20. The summed E-state index contributed by atoms with van der Waals surface area (Å²) in [5, 5.41) is 0. The Hall–Kier alpha value is -1.17. The van der Waals surface area contributed by atoms with Crippen molar-refractivity contribution in [3.8, 4) is 0 Å². The van der Waals surface area contributed by atoms with E-state index in [1.165, 1.54) is 23.9 Å². The number of alkyl halides is 3. The van der Waals surface area contributed by atoms with Crippen LogP contribution < -0.4 is 0 Å². The highest BCUT2D eigenvalue weighted by atomic mass is 32.2. The Morgan fingerprint density at radius 1 is 1.23 bits per heavy atom. The van der Waals surface area contributed by atoms with E-state index in [4.69, 9.17) is 0 Å². The molecule has 2 nitrogen and oxygen atoms in total. The van der Waals surface area contributed by atoms with Gasteiger partial charge in [-0.15, -0.1) is 11.8 Å². The lowest BCUT2D eigenvalue weighted by atomic mass is 9.99. The van der Waals surface area contributed by atoms with Crippen LogP contribution in [-0.2, 0) is 16.7 Å². The number of nitrogens with zero attached hydrogens (tertiary/aromatic N) is 1. The molecule has 1 aromatic carbocycles. The van der Waals surface area contributed by atoms with Crippen molar-refractivity contribution in [3.63, 3.8) is 0 Å². The van der Waals surface area contributed by atoms with Crippen LogP contribution in [0.2, 0.25) is 0 Å². The molecule has 0 aliphatic carbocycles. The van der Waals surface area contributed by atoms with E-state index in [0.29, 0.717) is 17.4 Å². The fourth-order valence-electron chi connectivity index (χ4n) is 2.40. The zero-order valence-electron chi connectivity index (χ0n) is 12.5. The van der Waals surface area contributed by atoms with Gasteiger partial charge in [0.2, 0.25) is 5.91 Å². The predicted molar refractivity (Wildman–Crippen MR) is 82.6 cm³/mol. The summed E-state index contributed by atoms with van der Waals surface area (Å²) < 4.78 is 37.4. The van der Waals surface area contributed by atoms with Crippen molar-refractivity contribution in [1.82, 2.24) is 4.90 Å². The van der Waals surface area contributed by atoms with Crippen molar-refractivity contribution in [3.05, 3.63) is 35.4 Å². The molecule has 1 heterocycles. The number of hydrogen-bond acceptors (Lipinski definition) is 2. The molecule has 1 fully saturated rings. The minimum Gasteiger partial charge on any atom is -0.342 e. The second kappa shape index (κ2) is 7.40. The zero-order valence-corrected chi connectivity index (χ0v) is 13.3. The average Bonchev–Trinajstić information content (AvgIpc) is 2.47. The maximum atomic E-state index is 12.5. The molecular weight excluding hydrogens is 311 g/mol.